The lowest BCUT2D eigenvalue weighted by atomic mass is 10.3. The Morgan fingerprint density at radius 2 is 1.80 bits per heavy atom. The van der Waals surface area contributed by atoms with Crippen LogP contribution in [0, 0.1) is 10.1 Å². The van der Waals surface area contributed by atoms with Crippen LogP contribution in [0.3, 0.4) is 0 Å². The number of hydrogen-bond acceptors (Lipinski definition) is 6. The van der Waals surface area contributed by atoms with Crippen LogP contribution >= 0.6 is 0 Å². The molecule has 0 fully saturated rings. The van der Waals surface area contributed by atoms with Crippen molar-refractivity contribution in [3.63, 3.8) is 0 Å². The van der Waals surface area contributed by atoms with Crippen molar-refractivity contribution in [2.45, 2.75) is 4.90 Å². The van der Waals surface area contributed by atoms with E-state index in [2.05, 4.69) is 0 Å². The summed E-state index contributed by atoms with van der Waals surface area (Å²) in [6.45, 7) is -0.922. The van der Waals surface area contributed by atoms with Gasteiger partial charge in [-0.2, -0.15) is 0 Å². The zero-order chi connectivity index (χ0) is 18.6. The molecule has 0 radical (unpaired) electrons. The van der Waals surface area contributed by atoms with E-state index in [-0.39, 0.29) is 11.4 Å². The second-order valence-corrected chi connectivity index (χ2v) is 6.63. The van der Waals surface area contributed by atoms with Crippen molar-refractivity contribution in [1.82, 2.24) is 0 Å². The monoisotopic (exact) mass is 366 g/mol. The third-order valence-electron chi connectivity index (χ3n) is 3.26. The molecule has 0 unspecified atom stereocenters. The number of nitro benzene ring substituents is 1. The zero-order valence-corrected chi connectivity index (χ0v) is 13.8. The normalized spacial score (nSPS) is 10.9. The first kappa shape index (κ1) is 18.2. The van der Waals surface area contributed by atoms with Crippen LogP contribution in [0.4, 0.5) is 11.4 Å². The maximum atomic E-state index is 13.0. The highest BCUT2D eigenvalue weighted by Gasteiger charge is 2.34. The molecule has 132 valence electrons. The number of ether oxygens (including phenoxy) is 1. The molecule has 0 aliphatic heterocycles. The van der Waals surface area contributed by atoms with Crippen LogP contribution in [0.1, 0.15) is 0 Å². The molecule has 2 aromatic carbocycles. The number of aliphatic carboxylic acids is 1. The Hall–Kier alpha value is -3.14. The number of sulfonamides is 1. The Labute approximate surface area is 143 Å². The summed E-state index contributed by atoms with van der Waals surface area (Å²) in [6.07, 6.45) is 0. The average molecular weight is 366 g/mol. The standard InChI is InChI=1S/C15H14N2O7S/c1-24-13-8-4-2-6-11(13)16(10-15(18)19)25(22,23)14-9-5-3-7-12(14)17(20)21/h2-9H,10H2,1H3,(H,18,19). The van der Waals surface area contributed by atoms with Gasteiger partial charge < -0.3 is 9.84 Å². The molecule has 0 atom stereocenters. The third kappa shape index (κ3) is 3.69. The molecule has 2 rings (SSSR count). The molecule has 2 aromatic rings. The van der Waals surface area contributed by atoms with Gasteiger partial charge in [0.05, 0.1) is 17.7 Å². The Bertz CT molecular complexity index is 912. The molecule has 0 aliphatic rings. The van der Waals surface area contributed by atoms with Gasteiger partial charge in [-0.15, -0.1) is 0 Å². The van der Waals surface area contributed by atoms with Gasteiger partial charge in [0, 0.05) is 6.07 Å². The number of rotatable bonds is 7. The summed E-state index contributed by atoms with van der Waals surface area (Å²) in [4.78, 5) is 20.9. The second-order valence-electron chi connectivity index (χ2n) is 4.80. The molecule has 0 saturated heterocycles. The fourth-order valence-electron chi connectivity index (χ4n) is 2.20. The molecular formula is C15H14N2O7S. The number of nitro groups is 1. The molecule has 0 aliphatic carbocycles. The van der Waals surface area contributed by atoms with Gasteiger partial charge in [0.1, 0.15) is 12.3 Å². The Morgan fingerprint density at radius 1 is 1.20 bits per heavy atom. The van der Waals surface area contributed by atoms with Crippen LogP contribution in [-0.2, 0) is 14.8 Å². The van der Waals surface area contributed by atoms with E-state index in [1.165, 1.54) is 37.4 Å². The number of nitrogens with zero attached hydrogens (tertiary/aromatic N) is 2. The maximum absolute atomic E-state index is 13.0. The predicted molar refractivity (Wildman–Crippen MR) is 88.3 cm³/mol. The lowest BCUT2D eigenvalue weighted by Gasteiger charge is -2.24. The van der Waals surface area contributed by atoms with E-state index in [1.807, 2.05) is 0 Å². The zero-order valence-electron chi connectivity index (χ0n) is 13.0. The topological polar surface area (TPSA) is 127 Å². The first-order chi connectivity index (χ1) is 11.8. The van der Waals surface area contributed by atoms with E-state index in [9.17, 15) is 23.3 Å². The second kappa shape index (κ2) is 7.18. The van der Waals surface area contributed by atoms with Crippen molar-refractivity contribution in [3.8, 4) is 5.75 Å². The summed E-state index contributed by atoms with van der Waals surface area (Å²) in [5.74, 6) is -1.31. The summed E-state index contributed by atoms with van der Waals surface area (Å²) in [6, 6.07) is 10.6. The minimum atomic E-state index is -4.53. The fraction of sp³-hybridized carbons (Fsp3) is 0.133. The highest BCUT2D eigenvalue weighted by molar-refractivity contribution is 7.93. The van der Waals surface area contributed by atoms with Gasteiger partial charge >= 0.3 is 5.97 Å². The van der Waals surface area contributed by atoms with Crippen molar-refractivity contribution >= 4 is 27.4 Å². The van der Waals surface area contributed by atoms with E-state index in [0.29, 0.717) is 4.31 Å². The van der Waals surface area contributed by atoms with Gasteiger partial charge in [-0.3, -0.25) is 19.2 Å². The van der Waals surface area contributed by atoms with E-state index in [0.717, 1.165) is 12.1 Å². The molecule has 0 aromatic heterocycles. The van der Waals surface area contributed by atoms with Gasteiger partial charge in [0.2, 0.25) is 0 Å². The van der Waals surface area contributed by atoms with Gasteiger partial charge in [-0.25, -0.2) is 8.42 Å². The minimum absolute atomic E-state index is 0.0365. The number of methoxy groups -OCH3 is 1. The largest absolute Gasteiger partial charge is 0.495 e. The van der Waals surface area contributed by atoms with E-state index >= 15 is 0 Å². The van der Waals surface area contributed by atoms with Crippen LogP contribution < -0.4 is 9.04 Å². The number of hydrogen-bond donors (Lipinski definition) is 1. The van der Waals surface area contributed by atoms with Crippen LogP contribution in [0.5, 0.6) is 5.75 Å². The van der Waals surface area contributed by atoms with Crippen molar-refractivity contribution in [1.29, 1.82) is 0 Å². The Kier molecular flexibility index (Phi) is 5.22. The first-order valence-corrected chi connectivity index (χ1v) is 8.34. The summed E-state index contributed by atoms with van der Waals surface area (Å²) >= 11 is 0. The number of benzene rings is 2. The van der Waals surface area contributed by atoms with Crippen molar-refractivity contribution < 1.29 is 28.0 Å². The minimum Gasteiger partial charge on any atom is -0.495 e. The van der Waals surface area contributed by atoms with Crippen LogP contribution in [0.25, 0.3) is 0 Å². The Balaban J connectivity index is 2.70. The average Bonchev–Trinajstić information content (AvgIpc) is 2.59. The predicted octanol–water partition coefficient (Wildman–Crippen LogP) is 1.88. The van der Waals surface area contributed by atoms with Gasteiger partial charge in [-0.1, -0.05) is 24.3 Å². The number of carboxylic acid groups (broad SMARTS) is 1. The third-order valence-corrected chi connectivity index (χ3v) is 5.07. The molecule has 0 spiro atoms. The smallest absolute Gasteiger partial charge is 0.324 e. The van der Waals surface area contributed by atoms with Crippen LogP contribution in [0.15, 0.2) is 53.4 Å². The lowest BCUT2D eigenvalue weighted by Crippen LogP contribution is -2.36. The van der Waals surface area contributed by atoms with E-state index in [4.69, 9.17) is 9.84 Å². The first-order valence-electron chi connectivity index (χ1n) is 6.90. The molecule has 0 bridgehead atoms. The lowest BCUT2D eigenvalue weighted by molar-refractivity contribution is -0.387. The Morgan fingerprint density at radius 3 is 2.40 bits per heavy atom. The van der Waals surface area contributed by atoms with Gasteiger partial charge in [0.15, 0.2) is 4.90 Å². The summed E-state index contributed by atoms with van der Waals surface area (Å²) < 4.78 is 31.6. The van der Waals surface area contributed by atoms with Gasteiger partial charge in [-0.05, 0) is 18.2 Å². The molecule has 10 heteroatoms. The molecule has 0 amide bonds. The van der Waals surface area contributed by atoms with Crippen LogP contribution in [0.2, 0.25) is 0 Å². The van der Waals surface area contributed by atoms with Gasteiger partial charge in [0.25, 0.3) is 15.7 Å². The van der Waals surface area contributed by atoms with E-state index in [1.54, 1.807) is 6.07 Å². The highest BCUT2D eigenvalue weighted by Crippen LogP contribution is 2.34. The maximum Gasteiger partial charge on any atom is 0.324 e. The van der Waals surface area contributed by atoms with Crippen molar-refractivity contribution in [2.75, 3.05) is 18.0 Å². The number of carboxylic acids is 1. The van der Waals surface area contributed by atoms with Crippen LogP contribution in [-0.4, -0.2) is 38.1 Å². The molecular weight excluding hydrogens is 352 g/mol. The number of anilines is 1. The molecule has 1 N–H and O–H groups in total. The molecule has 25 heavy (non-hydrogen) atoms. The molecule has 0 heterocycles. The summed E-state index contributed by atoms with van der Waals surface area (Å²) in [5.41, 5.74) is -0.682. The SMILES string of the molecule is COc1ccccc1N(CC(=O)O)S(=O)(=O)c1ccccc1[N+](=O)[O-]. The number of carbonyl (C=O) groups is 1. The highest BCUT2D eigenvalue weighted by atomic mass is 32.2. The van der Waals surface area contributed by atoms with Crippen molar-refractivity contribution in [2.24, 2.45) is 0 Å². The fourth-order valence-corrected chi connectivity index (χ4v) is 3.79. The molecule has 9 nitrogen and oxygen atoms in total. The van der Waals surface area contributed by atoms with E-state index < -0.39 is 38.0 Å². The van der Waals surface area contributed by atoms with Crippen molar-refractivity contribution in [3.05, 3.63) is 58.6 Å². The summed E-state index contributed by atoms with van der Waals surface area (Å²) in [7, 11) is -3.23. The summed E-state index contributed by atoms with van der Waals surface area (Å²) in [5, 5.41) is 20.3. The molecule has 0 saturated carbocycles. The quantitative estimate of drug-likeness (QED) is 0.585. The number of para-hydroxylation sites is 3.